The van der Waals surface area contributed by atoms with Gasteiger partial charge in [-0.25, -0.2) is 0 Å². The van der Waals surface area contributed by atoms with Crippen molar-refractivity contribution in [3.8, 4) is 11.5 Å². The van der Waals surface area contributed by atoms with Gasteiger partial charge in [0.1, 0.15) is 11.5 Å². The van der Waals surface area contributed by atoms with Gasteiger partial charge < -0.3 is 14.8 Å². The van der Waals surface area contributed by atoms with Crippen LogP contribution in [0.3, 0.4) is 0 Å². The van der Waals surface area contributed by atoms with E-state index in [0.717, 1.165) is 56.9 Å². The fraction of sp³-hybridized carbons (Fsp3) is 0.478. The van der Waals surface area contributed by atoms with Gasteiger partial charge in [-0.15, -0.1) is 0 Å². The minimum absolute atomic E-state index is 0.641. The van der Waals surface area contributed by atoms with Crippen LogP contribution < -0.4 is 14.8 Å². The highest BCUT2D eigenvalue weighted by molar-refractivity contribution is 5.34. The molecule has 0 spiro atoms. The van der Waals surface area contributed by atoms with Gasteiger partial charge in [0, 0.05) is 12.5 Å². The highest BCUT2D eigenvalue weighted by Gasteiger charge is 2.14. The van der Waals surface area contributed by atoms with Gasteiger partial charge >= 0.3 is 0 Å². The number of aryl methyl sites for hydroxylation is 2. The second-order valence-electron chi connectivity index (χ2n) is 7.15. The first-order valence-corrected chi connectivity index (χ1v) is 9.90. The average molecular weight is 354 g/mol. The SMILES string of the molecule is COc1ccccc1CCCCc1ccccc1OCC1CCCNC1. The van der Waals surface area contributed by atoms with E-state index >= 15 is 0 Å². The number of hydrogen-bond acceptors (Lipinski definition) is 3. The Labute approximate surface area is 157 Å². The van der Waals surface area contributed by atoms with Crippen LogP contribution in [0.4, 0.5) is 0 Å². The molecule has 1 N–H and O–H groups in total. The Hall–Kier alpha value is -2.00. The molecule has 0 radical (unpaired) electrons. The maximum atomic E-state index is 6.17. The number of methoxy groups -OCH3 is 1. The molecule has 1 aliphatic rings. The smallest absolute Gasteiger partial charge is 0.122 e. The zero-order valence-electron chi connectivity index (χ0n) is 15.9. The second-order valence-corrected chi connectivity index (χ2v) is 7.15. The van der Waals surface area contributed by atoms with Crippen molar-refractivity contribution in [3.05, 3.63) is 59.7 Å². The molecule has 26 heavy (non-hydrogen) atoms. The predicted molar refractivity (Wildman–Crippen MR) is 107 cm³/mol. The monoisotopic (exact) mass is 353 g/mol. The Kier molecular flexibility index (Phi) is 7.38. The van der Waals surface area contributed by atoms with Gasteiger partial charge in [-0.05, 0) is 68.3 Å². The van der Waals surface area contributed by atoms with Crippen molar-refractivity contribution in [2.24, 2.45) is 5.92 Å². The molecule has 1 aliphatic heterocycles. The van der Waals surface area contributed by atoms with Crippen LogP contribution in [0.5, 0.6) is 11.5 Å². The number of para-hydroxylation sites is 2. The van der Waals surface area contributed by atoms with Gasteiger partial charge in [0.15, 0.2) is 0 Å². The van der Waals surface area contributed by atoms with E-state index in [1.807, 2.05) is 12.1 Å². The zero-order valence-corrected chi connectivity index (χ0v) is 15.9. The zero-order chi connectivity index (χ0) is 18.0. The first-order valence-electron chi connectivity index (χ1n) is 9.90. The van der Waals surface area contributed by atoms with Crippen molar-refractivity contribution in [1.82, 2.24) is 5.32 Å². The summed E-state index contributed by atoms with van der Waals surface area (Å²) in [5.41, 5.74) is 2.63. The first kappa shape index (κ1) is 18.8. The predicted octanol–water partition coefficient (Wildman–Crippen LogP) is 4.64. The summed E-state index contributed by atoms with van der Waals surface area (Å²) in [6.07, 6.45) is 6.96. The molecule has 140 valence electrons. The van der Waals surface area contributed by atoms with E-state index in [0.29, 0.717) is 5.92 Å². The van der Waals surface area contributed by atoms with Gasteiger partial charge in [0.2, 0.25) is 0 Å². The molecule has 3 nitrogen and oxygen atoms in total. The maximum absolute atomic E-state index is 6.17. The molecule has 1 fully saturated rings. The lowest BCUT2D eigenvalue weighted by Crippen LogP contribution is -2.33. The largest absolute Gasteiger partial charge is 0.496 e. The highest BCUT2D eigenvalue weighted by atomic mass is 16.5. The minimum Gasteiger partial charge on any atom is -0.496 e. The van der Waals surface area contributed by atoms with Crippen molar-refractivity contribution in [2.75, 3.05) is 26.8 Å². The fourth-order valence-electron chi connectivity index (χ4n) is 3.67. The number of nitrogens with one attached hydrogen (secondary N) is 1. The van der Waals surface area contributed by atoms with Gasteiger partial charge in [0.05, 0.1) is 13.7 Å². The van der Waals surface area contributed by atoms with Crippen LogP contribution >= 0.6 is 0 Å². The molecule has 0 saturated carbocycles. The summed E-state index contributed by atoms with van der Waals surface area (Å²) in [5.74, 6) is 2.70. The Morgan fingerprint density at radius 2 is 1.58 bits per heavy atom. The number of ether oxygens (including phenoxy) is 2. The molecule has 2 aromatic carbocycles. The van der Waals surface area contributed by atoms with Crippen LogP contribution in [-0.2, 0) is 12.8 Å². The molecular weight excluding hydrogens is 322 g/mol. The first-order chi connectivity index (χ1) is 12.9. The van der Waals surface area contributed by atoms with E-state index in [4.69, 9.17) is 9.47 Å². The van der Waals surface area contributed by atoms with E-state index in [1.54, 1.807) is 7.11 Å². The molecule has 0 aromatic heterocycles. The third-order valence-corrected chi connectivity index (χ3v) is 5.18. The molecule has 3 rings (SSSR count). The van der Waals surface area contributed by atoms with Crippen molar-refractivity contribution in [2.45, 2.75) is 38.5 Å². The Bertz CT molecular complexity index is 665. The lowest BCUT2D eigenvalue weighted by molar-refractivity contribution is 0.217. The van der Waals surface area contributed by atoms with E-state index in [1.165, 1.54) is 24.0 Å². The summed E-state index contributed by atoms with van der Waals surface area (Å²) >= 11 is 0. The van der Waals surface area contributed by atoms with Crippen molar-refractivity contribution in [3.63, 3.8) is 0 Å². The quantitative estimate of drug-likeness (QED) is 0.666. The van der Waals surface area contributed by atoms with Crippen LogP contribution in [0, 0.1) is 5.92 Å². The molecule has 1 unspecified atom stereocenters. The second kappa shape index (κ2) is 10.2. The van der Waals surface area contributed by atoms with Crippen molar-refractivity contribution in [1.29, 1.82) is 0 Å². The van der Waals surface area contributed by atoms with Crippen LogP contribution in [0.1, 0.15) is 36.8 Å². The third-order valence-electron chi connectivity index (χ3n) is 5.18. The summed E-state index contributed by atoms with van der Waals surface area (Å²) in [6, 6.07) is 16.8. The minimum atomic E-state index is 0.641. The van der Waals surface area contributed by atoms with Crippen molar-refractivity contribution < 1.29 is 9.47 Å². The summed E-state index contributed by atoms with van der Waals surface area (Å²) < 4.78 is 11.6. The number of benzene rings is 2. The van der Waals surface area contributed by atoms with Gasteiger partial charge in [-0.1, -0.05) is 36.4 Å². The summed E-state index contributed by atoms with van der Waals surface area (Å²) in [6.45, 7) is 3.06. The summed E-state index contributed by atoms with van der Waals surface area (Å²) in [4.78, 5) is 0. The maximum Gasteiger partial charge on any atom is 0.122 e. The van der Waals surface area contributed by atoms with Crippen LogP contribution in [0.2, 0.25) is 0 Å². The standard InChI is InChI=1S/C23H31NO2/c1-25-22-14-6-4-11-20(22)10-2-3-12-21-13-5-7-15-23(21)26-18-19-9-8-16-24-17-19/h4-7,11,13-15,19,24H,2-3,8-10,12,16-18H2,1H3. The molecule has 1 heterocycles. The van der Waals surface area contributed by atoms with E-state index in [2.05, 4.69) is 41.7 Å². The average Bonchev–Trinajstić information content (AvgIpc) is 2.71. The summed E-state index contributed by atoms with van der Waals surface area (Å²) in [7, 11) is 1.74. The molecule has 0 bridgehead atoms. The number of unbranched alkanes of at least 4 members (excludes halogenated alkanes) is 1. The highest BCUT2D eigenvalue weighted by Crippen LogP contribution is 2.24. The van der Waals surface area contributed by atoms with E-state index < -0.39 is 0 Å². The normalized spacial score (nSPS) is 17.0. The molecule has 3 heteroatoms. The van der Waals surface area contributed by atoms with Crippen molar-refractivity contribution >= 4 is 0 Å². The van der Waals surface area contributed by atoms with Gasteiger partial charge in [-0.3, -0.25) is 0 Å². The molecular formula is C23H31NO2. The van der Waals surface area contributed by atoms with Gasteiger partial charge in [-0.2, -0.15) is 0 Å². The third kappa shape index (κ3) is 5.50. The molecule has 2 aromatic rings. The number of hydrogen-bond donors (Lipinski definition) is 1. The molecule has 0 aliphatic carbocycles. The molecule has 1 atom stereocenters. The molecule has 0 amide bonds. The Morgan fingerprint density at radius 1 is 0.923 bits per heavy atom. The topological polar surface area (TPSA) is 30.5 Å². The van der Waals surface area contributed by atoms with E-state index in [9.17, 15) is 0 Å². The lowest BCUT2D eigenvalue weighted by Gasteiger charge is -2.23. The lowest BCUT2D eigenvalue weighted by atomic mass is 10.0. The van der Waals surface area contributed by atoms with Crippen LogP contribution in [0.25, 0.3) is 0 Å². The van der Waals surface area contributed by atoms with Gasteiger partial charge in [0.25, 0.3) is 0 Å². The Balaban J connectivity index is 1.47. The van der Waals surface area contributed by atoms with E-state index in [-0.39, 0.29) is 0 Å². The van der Waals surface area contributed by atoms with Crippen LogP contribution in [0.15, 0.2) is 48.5 Å². The fourth-order valence-corrected chi connectivity index (χ4v) is 3.67. The number of piperidine rings is 1. The number of rotatable bonds is 9. The molecule has 1 saturated heterocycles. The Morgan fingerprint density at radius 3 is 2.23 bits per heavy atom. The summed E-state index contributed by atoms with van der Waals surface area (Å²) in [5, 5.41) is 3.46. The van der Waals surface area contributed by atoms with Crippen LogP contribution in [-0.4, -0.2) is 26.8 Å².